The molecule has 0 aromatic heterocycles. The molecule has 0 aliphatic carbocycles. The fourth-order valence-electron chi connectivity index (χ4n) is 4.02. The maximum atomic E-state index is 13.5. The summed E-state index contributed by atoms with van der Waals surface area (Å²) in [6.07, 6.45) is -2.87. The molecule has 196 valence electrons. The molecule has 4 rings (SSSR count). The van der Waals surface area contributed by atoms with E-state index in [0.29, 0.717) is 11.1 Å². The number of ether oxygens (including phenoxy) is 1. The van der Waals surface area contributed by atoms with Crippen molar-refractivity contribution in [2.24, 2.45) is 0 Å². The highest BCUT2D eigenvalue weighted by atomic mass is 32.2. The Kier molecular flexibility index (Phi) is 7.86. The van der Waals surface area contributed by atoms with Gasteiger partial charge in [-0.25, -0.2) is 13.1 Å². The molecule has 3 aromatic rings. The molecule has 1 saturated heterocycles. The molecule has 37 heavy (non-hydrogen) atoms. The third-order valence-corrected chi connectivity index (χ3v) is 7.45. The van der Waals surface area contributed by atoms with Gasteiger partial charge in [0.05, 0.1) is 16.5 Å². The number of carbonyl (C=O) groups excluding carboxylic acids is 1. The fraction of sp³-hybridized carbons (Fsp3) is 0.269. The molecule has 7 nitrogen and oxygen atoms in total. The summed E-state index contributed by atoms with van der Waals surface area (Å²) in [7, 11) is -2.36. The summed E-state index contributed by atoms with van der Waals surface area (Å²) in [6.45, 7) is 1.02. The SMILES string of the molecule is CNS(=O)(=O)c1ccc(Oc2ccc(C(F)(F)F)cc2-c2cccc(CNC(=O)[C@@H]3CCCN3)c2)cc1. The predicted molar refractivity (Wildman–Crippen MR) is 133 cm³/mol. The lowest BCUT2D eigenvalue weighted by Gasteiger charge is -2.16. The van der Waals surface area contributed by atoms with E-state index in [4.69, 9.17) is 4.74 Å². The highest BCUT2D eigenvalue weighted by Gasteiger charge is 2.31. The van der Waals surface area contributed by atoms with Crippen molar-refractivity contribution < 1.29 is 31.1 Å². The molecule has 0 radical (unpaired) electrons. The number of sulfonamides is 1. The normalized spacial score (nSPS) is 15.9. The van der Waals surface area contributed by atoms with E-state index in [0.717, 1.165) is 31.5 Å². The molecule has 3 N–H and O–H groups in total. The third kappa shape index (κ3) is 6.48. The lowest BCUT2D eigenvalue weighted by Crippen LogP contribution is -2.39. The van der Waals surface area contributed by atoms with Crippen LogP contribution in [0.4, 0.5) is 13.2 Å². The van der Waals surface area contributed by atoms with E-state index in [2.05, 4.69) is 15.4 Å². The Labute approximate surface area is 213 Å². The van der Waals surface area contributed by atoms with Crippen molar-refractivity contribution in [2.75, 3.05) is 13.6 Å². The Morgan fingerprint density at radius 1 is 1.08 bits per heavy atom. The van der Waals surface area contributed by atoms with Crippen molar-refractivity contribution in [2.45, 2.75) is 36.5 Å². The van der Waals surface area contributed by atoms with Gasteiger partial charge in [0.2, 0.25) is 15.9 Å². The van der Waals surface area contributed by atoms with Crippen molar-refractivity contribution in [1.82, 2.24) is 15.4 Å². The molecule has 1 amide bonds. The van der Waals surface area contributed by atoms with Gasteiger partial charge in [-0.2, -0.15) is 13.2 Å². The molecule has 0 spiro atoms. The van der Waals surface area contributed by atoms with Crippen LogP contribution in [0.2, 0.25) is 0 Å². The number of alkyl halides is 3. The maximum Gasteiger partial charge on any atom is 0.416 e. The standard InChI is InChI=1S/C26H26F3N3O4S/c1-30-37(34,35)21-10-8-20(9-11-21)36-24-12-7-19(26(27,28)29)15-22(24)18-5-2-4-17(14-18)16-32-25(33)23-6-3-13-31-23/h2,4-5,7-12,14-15,23,30-31H,3,6,13,16H2,1H3,(H,32,33)/t23-/m0/s1. The van der Waals surface area contributed by atoms with Gasteiger partial charge in [0.15, 0.2) is 0 Å². The highest BCUT2D eigenvalue weighted by molar-refractivity contribution is 7.89. The molecule has 1 atom stereocenters. The number of carbonyl (C=O) groups is 1. The van der Waals surface area contributed by atoms with Crippen molar-refractivity contribution >= 4 is 15.9 Å². The van der Waals surface area contributed by atoms with Gasteiger partial charge in [-0.3, -0.25) is 4.79 Å². The number of rotatable bonds is 8. The first-order chi connectivity index (χ1) is 17.6. The minimum Gasteiger partial charge on any atom is -0.457 e. The average molecular weight is 534 g/mol. The topological polar surface area (TPSA) is 96.5 Å². The van der Waals surface area contributed by atoms with Crippen molar-refractivity contribution in [1.29, 1.82) is 0 Å². The van der Waals surface area contributed by atoms with Gasteiger partial charge in [-0.1, -0.05) is 18.2 Å². The molecule has 1 fully saturated rings. The summed E-state index contributed by atoms with van der Waals surface area (Å²) in [5.41, 5.74) is 0.554. The van der Waals surface area contributed by atoms with Gasteiger partial charge in [-0.05, 0) is 86.1 Å². The number of hydrogen-bond acceptors (Lipinski definition) is 5. The molecule has 1 aliphatic heterocycles. The Balaban J connectivity index is 1.62. The number of benzene rings is 3. The van der Waals surface area contributed by atoms with E-state index in [-0.39, 0.29) is 40.5 Å². The lowest BCUT2D eigenvalue weighted by atomic mass is 9.99. The van der Waals surface area contributed by atoms with E-state index in [9.17, 15) is 26.4 Å². The maximum absolute atomic E-state index is 13.5. The molecule has 0 saturated carbocycles. The van der Waals surface area contributed by atoms with Crippen LogP contribution in [0.15, 0.2) is 71.6 Å². The summed E-state index contributed by atoms with van der Waals surface area (Å²) in [6, 6.07) is 15.3. The first-order valence-corrected chi connectivity index (χ1v) is 13.1. The summed E-state index contributed by atoms with van der Waals surface area (Å²) in [5.74, 6) is 0.298. The van der Waals surface area contributed by atoms with Crippen LogP contribution < -0.4 is 20.1 Å². The van der Waals surface area contributed by atoms with E-state index >= 15 is 0 Å². The van der Waals surface area contributed by atoms with E-state index in [1.165, 1.54) is 37.4 Å². The minimum atomic E-state index is -4.56. The average Bonchev–Trinajstić information content (AvgIpc) is 3.43. The zero-order chi connectivity index (χ0) is 26.6. The second-order valence-electron chi connectivity index (χ2n) is 8.56. The van der Waals surface area contributed by atoms with Gasteiger partial charge < -0.3 is 15.4 Å². The number of halogens is 3. The first kappa shape index (κ1) is 26.6. The van der Waals surface area contributed by atoms with Gasteiger partial charge >= 0.3 is 6.18 Å². The Morgan fingerprint density at radius 3 is 2.49 bits per heavy atom. The third-order valence-electron chi connectivity index (χ3n) is 6.02. The van der Waals surface area contributed by atoms with Crippen molar-refractivity contribution in [3.05, 3.63) is 77.9 Å². The number of nitrogens with one attached hydrogen (secondary N) is 3. The van der Waals surface area contributed by atoms with E-state index < -0.39 is 21.8 Å². The van der Waals surface area contributed by atoms with Gasteiger partial charge in [0, 0.05) is 12.1 Å². The summed E-state index contributed by atoms with van der Waals surface area (Å²) in [5, 5.41) is 5.99. The smallest absolute Gasteiger partial charge is 0.416 e. The summed E-state index contributed by atoms with van der Waals surface area (Å²) < 4.78 is 72.5. The van der Waals surface area contributed by atoms with Crippen LogP contribution in [-0.4, -0.2) is 34.0 Å². The van der Waals surface area contributed by atoms with Crippen LogP contribution in [0.3, 0.4) is 0 Å². The number of amides is 1. The molecule has 1 aliphatic rings. The second kappa shape index (κ2) is 10.9. The fourth-order valence-corrected chi connectivity index (χ4v) is 4.75. The van der Waals surface area contributed by atoms with Crippen LogP contribution in [0.25, 0.3) is 11.1 Å². The van der Waals surface area contributed by atoms with E-state index in [1.807, 2.05) is 0 Å². The van der Waals surface area contributed by atoms with Crippen LogP contribution in [0.5, 0.6) is 11.5 Å². The van der Waals surface area contributed by atoms with Crippen LogP contribution in [0, 0.1) is 0 Å². The first-order valence-electron chi connectivity index (χ1n) is 11.6. The number of hydrogen-bond donors (Lipinski definition) is 3. The monoisotopic (exact) mass is 533 g/mol. The molecule has 0 bridgehead atoms. The molecule has 3 aromatic carbocycles. The second-order valence-corrected chi connectivity index (χ2v) is 10.4. The van der Waals surface area contributed by atoms with Gasteiger partial charge in [0.1, 0.15) is 11.5 Å². The van der Waals surface area contributed by atoms with Gasteiger partial charge in [0.25, 0.3) is 0 Å². The summed E-state index contributed by atoms with van der Waals surface area (Å²) in [4.78, 5) is 12.4. The Hall–Kier alpha value is -3.41. The Morgan fingerprint density at radius 2 is 1.84 bits per heavy atom. The zero-order valence-electron chi connectivity index (χ0n) is 19.9. The van der Waals surface area contributed by atoms with Gasteiger partial charge in [-0.15, -0.1) is 0 Å². The van der Waals surface area contributed by atoms with Crippen LogP contribution >= 0.6 is 0 Å². The molecule has 11 heteroatoms. The molecular weight excluding hydrogens is 507 g/mol. The quantitative estimate of drug-likeness (QED) is 0.398. The van der Waals surface area contributed by atoms with Crippen molar-refractivity contribution in [3.63, 3.8) is 0 Å². The molecular formula is C26H26F3N3O4S. The largest absolute Gasteiger partial charge is 0.457 e. The predicted octanol–water partition coefficient (Wildman–Crippen LogP) is 4.44. The molecule has 1 heterocycles. The molecule has 0 unspecified atom stereocenters. The summed E-state index contributed by atoms with van der Waals surface area (Å²) >= 11 is 0. The van der Waals surface area contributed by atoms with E-state index in [1.54, 1.807) is 24.3 Å². The van der Waals surface area contributed by atoms with Crippen molar-refractivity contribution in [3.8, 4) is 22.6 Å². The van der Waals surface area contributed by atoms with Crippen LogP contribution in [0.1, 0.15) is 24.0 Å². The lowest BCUT2D eigenvalue weighted by molar-refractivity contribution is -0.137. The Bertz CT molecular complexity index is 1370. The van der Waals surface area contributed by atoms with Crippen LogP contribution in [-0.2, 0) is 27.5 Å². The minimum absolute atomic E-state index is 0.0255. The highest BCUT2D eigenvalue weighted by Crippen LogP contribution is 2.39. The zero-order valence-corrected chi connectivity index (χ0v) is 20.7.